The van der Waals surface area contributed by atoms with Crippen LogP contribution in [0.15, 0.2) is 53.4 Å². The van der Waals surface area contributed by atoms with Crippen LogP contribution in [0.5, 0.6) is 0 Å². The summed E-state index contributed by atoms with van der Waals surface area (Å²) in [5.74, 6) is -1.01. The fourth-order valence-corrected chi connectivity index (χ4v) is 5.82. The second kappa shape index (κ2) is 8.28. The number of benzene rings is 2. The summed E-state index contributed by atoms with van der Waals surface area (Å²) in [4.78, 5) is 15.9. The van der Waals surface area contributed by atoms with E-state index in [1.807, 2.05) is 36.4 Å². The third-order valence-electron chi connectivity index (χ3n) is 6.02. The predicted octanol–water partition coefficient (Wildman–Crippen LogP) is 3.15. The zero-order chi connectivity index (χ0) is 21.3. The lowest BCUT2D eigenvalue weighted by atomic mass is 9.98. The Hall–Kier alpha value is -2.58. The first-order chi connectivity index (χ1) is 14.4. The molecule has 2 aliphatic heterocycles. The smallest absolute Gasteiger partial charge is 0.307 e. The molecule has 0 bridgehead atoms. The van der Waals surface area contributed by atoms with Gasteiger partial charge >= 0.3 is 5.97 Å². The minimum atomic E-state index is -3.65. The molecule has 2 aromatic carbocycles. The molecular formula is C22H27N3O4S. The summed E-state index contributed by atoms with van der Waals surface area (Å²) < 4.78 is 27.7. The van der Waals surface area contributed by atoms with Gasteiger partial charge in [-0.1, -0.05) is 24.3 Å². The van der Waals surface area contributed by atoms with Crippen LogP contribution < -0.4 is 9.21 Å². The van der Waals surface area contributed by atoms with Crippen LogP contribution in [0.3, 0.4) is 0 Å². The van der Waals surface area contributed by atoms with Crippen LogP contribution in [0.2, 0.25) is 0 Å². The Balaban J connectivity index is 1.60. The van der Waals surface area contributed by atoms with Crippen molar-refractivity contribution in [3.63, 3.8) is 0 Å². The summed E-state index contributed by atoms with van der Waals surface area (Å²) >= 11 is 0. The number of nitrogens with zero attached hydrogens (tertiary/aromatic N) is 3. The average Bonchev–Trinajstić information content (AvgIpc) is 2.82. The molecule has 0 amide bonds. The maximum Gasteiger partial charge on any atom is 0.307 e. The van der Waals surface area contributed by atoms with Crippen molar-refractivity contribution in [2.45, 2.75) is 24.2 Å². The third-order valence-corrected chi connectivity index (χ3v) is 7.84. The van der Waals surface area contributed by atoms with E-state index < -0.39 is 16.0 Å². The topological polar surface area (TPSA) is 81.2 Å². The number of anilines is 3. The lowest BCUT2D eigenvalue weighted by molar-refractivity contribution is -0.143. The van der Waals surface area contributed by atoms with E-state index in [-0.39, 0.29) is 5.92 Å². The molecular weight excluding hydrogens is 402 g/mol. The van der Waals surface area contributed by atoms with Gasteiger partial charge in [0.05, 0.1) is 23.0 Å². The van der Waals surface area contributed by atoms with Crippen LogP contribution in [0.25, 0.3) is 0 Å². The highest BCUT2D eigenvalue weighted by Gasteiger charge is 2.33. The van der Waals surface area contributed by atoms with Crippen molar-refractivity contribution in [3.05, 3.63) is 48.5 Å². The van der Waals surface area contributed by atoms with Crippen LogP contribution in [0, 0.1) is 5.92 Å². The van der Waals surface area contributed by atoms with Crippen molar-refractivity contribution in [2.24, 2.45) is 5.92 Å². The first kappa shape index (κ1) is 20.7. The normalized spacial score (nSPS) is 20.9. The Bertz CT molecular complexity index is 1040. The van der Waals surface area contributed by atoms with Gasteiger partial charge in [-0.3, -0.25) is 9.10 Å². The number of hydrogen-bond acceptors (Lipinski definition) is 5. The highest BCUT2D eigenvalue weighted by molar-refractivity contribution is 7.93. The third kappa shape index (κ3) is 3.77. The van der Waals surface area contributed by atoms with E-state index >= 15 is 0 Å². The van der Waals surface area contributed by atoms with Crippen LogP contribution >= 0.6 is 0 Å². The van der Waals surface area contributed by atoms with E-state index in [1.54, 1.807) is 19.2 Å². The van der Waals surface area contributed by atoms with Crippen molar-refractivity contribution < 1.29 is 18.3 Å². The Kier molecular flexibility index (Phi) is 5.71. The van der Waals surface area contributed by atoms with Gasteiger partial charge in [-0.15, -0.1) is 0 Å². The molecule has 1 atom stereocenters. The number of likely N-dealkylation sites (tertiary alicyclic amines) is 1. The molecule has 0 aromatic heterocycles. The number of rotatable bonds is 5. The van der Waals surface area contributed by atoms with Gasteiger partial charge in [-0.2, -0.15) is 0 Å². The van der Waals surface area contributed by atoms with Crippen molar-refractivity contribution in [2.75, 3.05) is 42.4 Å². The Morgan fingerprint density at radius 3 is 2.43 bits per heavy atom. The molecule has 2 heterocycles. The van der Waals surface area contributed by atoms with Crippen molar-refractivity contribution in [1.29, 1.82) is 0 Å². The van der Waals surface area contributed by atoms with Gasteiger partial charge < -0.3 is 14.9 Å². The molecule has 0 unspecified atom stereocenters. The first-order valence-electron chi connectivity index (χ1n) is 10.3. The maximum atomic E-state index is 13.2. The number of carboxylic acid groups (broad SMARTS) is 1. The Labute approximate surface area is 177 Å². The number of carboxylic acids is 1. The van der Waals surface area contributed by atoms with Crippen molar-refractivity contribution in [1.82, 2.24) is 4.90 Å². The van der Waals surface area contributed by atoms with Gasteiger partial charge in [0.25, 0.3) is 10.0 Å². The molecule has 1 fully saturated rings. The number of aliphatic carboxylic acids is 1. The summed E-state index contributed by atoms with van der Waals surface area (Å²) in [7, 11) is -2.06. The molecule has 7 nitrogen and oxygen atoms in total. The molecule has 0 spiro atoms. The summed E-state index contributed by atoms with van der Waals surface area (Å²) in [5, 5.41) is 9.31. The van der Waals surface area contributed by atoms with Crippen molar-refractivity contribution in [3.8, 4) is 0 Å². The highest BCUT2D eigenvalue weighted by atomic mass is 32.2. The molecule has 8 heteroatoms. The molecule has 0 radical (unpaired) electrons. The van der Waals surface area contributed by atoms with Crippen LogP contribution in [0.1, 0.15) is 19.3 Å². The van der Waals surface area contributed by atoms with Gasteiger partial charge in [-0.05, 0) is 56.6 Å². The van der Waals surface area contributed by atoms with Gasteiger partial charge in [0.15, 0.2) is 0 Å². The second-order valence-corrected chi connectivity index (χ2v) is 9.85. The zero-order valence-electron chi connectivity index (χ0n) is 17.1. The molecule has 1 N–H and O–H groups in total. The first-order valence-corrected chi connectivity index (χ1v) is 11.7. The van der Waals surface area contributed by atoms with Crippen LogP contribution in [-0.4, -0.2) is 57.6 Å². The van der Waals surface area contributed by atoms with Gasteiger partial charge in [0, 0.05) is 20.1 Å². The standard InChI is InChI=1S/C22H27N3O4S/c1-23-18-9-2-3-10-19(18)25(20-11-4-5-12-21(20)30(23,28)29)15-7-14-24-13-6-8-17(16-24)22(26)27/h2-5,9-12,17H,6-8,13-16H2,1H3,(H,26,27)/t17-/m1/s1. The number of carbonyl (C=O) groups is 1. The lowest BCUT2D eigenvalue weighted by Gasteiger charge is -2.32. The Morgan fingerprint density at radius 1 is 1.03 bits per heavy atom. The zero-order valence-corrected chi connectivity index (χ0v) is 17.9. The fourth-order valence-electron chi connectivity index (χ4n) is 4.42. The SMILES string of the molecule is CN1c2ccccc2N(CCCN2CCC[C@@H](C(=O)O)C2)c2ccccc2S1(=O)=O. The lowest BCUT2D eigenvalue weighted by Crippen LogP contribution is -2.39. The van der Waals surface area contributed by atoms with Crippen molar-refractivity contribution >= 4 is 33.1 Å². The predicted molar refractivity (Wildman–Crippen MR) is 117 cm³/mol. The monoisotopic (exact) mass is 429 g/mol. The largest absolute Gasteiger partial charge is 0.481 e. The van der Waals surface area contributed by atoms with E-state index in [0.717, 1.165) is 38.0 Å². The molecule has 0 aliphatic carbocycles. The fraction of sp³-hybridized carbons (Fsp3) is 0.409. The van der Waals surface area contributed by atoms with Gasteiger partial charge in [-0.25, -0.2) is 8.42 Å². The number of hydrogen-bond donors (Lipinski definition) is 1. The van der Waals surface area contributed by atoms with E-state index in [1.165, 1.54) is 4.31 Å². The molecule has 0 saturated carbocycles. The minimum Gasteiger partial charge on any atom is -0.481 e. The number of piperidine rings is 1. The minimum absolute atomic E-state index is 0.294. The molecule has 2 aliphatic rings. The second-order valence-electron chi connectivity index (χ2n) is 7.91. The average molecular weight is 430 g/mol. The van der Waals surface area contributed by atoms with Crippen LogP contribution in [-0.2, 0) is 14.8 Å². The van der Waals surface area contributed by atoms with Gasteiger partial charge in [0.2, 0.25) is 0 Å². The number of fused-ring (bicyclic) bond motifs is 2. The summed E-state index contributed by atoms with van der Waals surface area (Å²) in [6, 6.07) is 14.7. The number of sulfonamides is 1. The molecule has 1 saturated heterocycles. The summed E-state index contributed by atoms with van der Waals surface area (Å²) in [6.45, 7) is 2.92. The van der Waals surface area contributed by atoms with E-state index in [2.05, 4.69) is 9.80 Å². The van der Waals surface area contributed by atoms with E-state index in [0.29, 0.717) is 29.4 Å². The van der Waals surface area contributed by atoms with Crippen LogP contribution in [0.4, 0.5) is 17.1 Å². The van der Waals surface area contributed by atoms with E-state index in [9.17, 15) is 18.3 Å². The maximum absolute atomic E-state index is 13.2. The highest BCUT2D eigenvalue weighted by Crippen LogP contribution is 2.43. The number of para-hydroxylation sites is 3. The Morgan fingerprint density at radius 2 is 1.70 bits per heavy atom. The van der Waals surface area contributed by atoms with Gasteiger partial charge in [0.1, 0.15) is 4.90 Å². The van der Waals surface area contributed by atoms with E-state index in [4.69, 9.17) is 0 Å². The molecule has 4 rings (SSSR count). The molecule has 30 heavy (non-hydrogen) atoms. The quantitative estimate of drug-likeness (QED) is 0.786. The summed E-state index contributed by atoms with van der Waals surface area (Å²) in [5.41, 5.74) is 2.18. The molecule has 2 aromatic rings. The summed E-state index contributed by atoms with van der Waals surface area (Å²) in [6.07, 6.45) is 2.44. The molecule has 160 valence electrons.